The van der Waals surface area contributed by atoms with Gasteiger partial charge in [-0.25, -0.2) is 4.98 Å². The lowest BCUT2D eigenvalue weighted by Gasteiger charge is -2.16. The van der Waals surface area contributed by atoms with Gasteiger partial charge in [0.1, 0.15) is 22.8 Å². The maximum Gasteiger partial charge on any atom is 0.420 e. The third-order valence-electron chi connectivity index (χ3n) is 4.17. The molecule has 3 rings (SSSR count). The van der Waals surface area contributed by atoms with E-state index in [1.165, 1.54) is 31.4 Å². The molecule has 2 N–H and O–H groups in total. The molecule has 31 heavy (non-hydrogen) atoms. The molecule has 0 radical (unpaired) electrons. The predicted octanol–water partition coefficient (Wildman–Crippen LogP) is 4.86. The number of rotatable bonds is 7. The summed E-state index contributed by atoms with van der Waals surface area (Å²) in [4.78, 5) is 15.5. The number of methoxy groups -OCH3 is 1. The molecule has 0 fully saturated rings. The van der Waals surface area contributed by atoms with Crippen molar-refractivity contribution in [2.75, 3.05) is 7.11 Å². The molecule has 3 aromatic rings. The molecule has 2 aromatic carbocycles. The molecule has 0 saturated heterocycles. The first kappa shape index (κ1) is 22.1. The molecule has 0 atom stereocenters. The summed E-state index contributed by atoms with van der Waals surface area (Å²) in [6.45, 7) is 0.173. The molecule has 9 heteroatoms. The fourth-order valence-electron chi connectivity index (χ4n) is 2.72. The molecule has 0 amide bonds. The van der Waals surface area contributed by atoms with E-state index in [-0.39, 0.29) is 30.3 Å². The van der Waals surface area contributed by atoms with Crippen molar-refractivity contribution in [3.05, 3.63) is 77.5 Å². The van der Waals surface area contributed by atoms with Gasteiger partial charge in [0.05, 0.1) is 19.2 Å². The van der Waals surface area contributed by atoms with Crippen LogP contribution in [-0.2, 0) is 28.7 Å². The Balaban J connectivity index is 1.87. The Kier molecular flexibility index (Phi) is 6.76. The fourth-order valence-corrected chi connectivity index (χ4v) is 2.72. The van der Waals surface area contributed by atoms with Crippen molar-refractivity contribution < 1.29 is 32.2 Å². The van der Waals surface area contributed by atoms with Crippen molar-refractivity contribution in [1.29, 1.82) is 0 Å². The van der Waals surface area contributed by atoms with Crippen LogP contribution in [-0.4, -0.2) is 18.1 Å². The Morgan fingerprint density at radius 1 is 1.00 bits per heavy atom. The Hall–Kier alpha value is -3.59. The van der Waals surface area contributed by atoms with Crippen LogP contribution in [0.5, 0.6) is 23.1 Å². The zero-order chi connectivity index (χ0) is 22.4. The number of esters is 1. The highest BCUT2D eigenvalue weighted by atomic mass is 19.4. The van der Waals surface area contributed by atoms with Gasteiger partial charge in [-0.15, -0.1) is 0 Å². The summed E-state index contributed by atoms with van der Waals surface area (Å²) < 4.78 is 56.5. The minimum Gasteiger partial charge on any atom is -0.469 e. The van der Waals surface area contributed by atoms with E-state index in [4.69, 9.17) is 15.2 Å². The van der Waals surface area contributed by atoms with Gasteiger partial charge in [-0.1, -0.05) is 18.2 Å². The van der Waals surface area contributed by atoms with Crippen LogP contribution in [0.4, 0.5) is 13.2 Å². The second-order valence-corrected chi connectivity index (χ2v) is 6.43. The number of nitrogens with two attached hydrogens (primary N) is 1. The quantitative estimate of drug-likeness (QED) is 0.537. The van der Waals surface area contributed by atoms with Gasteiger partial charge in [0.25, 0.3) is 0 Å². The summed E-state index contributed by atoms with van der Waals surface area (Å²) in [5, 5.41) is 0. The first-order chi connectivity index (χ1) is 14.8. The van der Waals surface area contributed by atoms with Crippen molar-refractivity contribution in [3.63, 3.8) is 0 Å². The number of carbonyl (C=O) groups excluding carboxylic acids is 1. The first-order valence-corrected chi connectivity index (χ1v) is 9.17. The van der Waals surface area contributed by atoms with E-state index in [0.29, 0.717) is 11.3 Å². The van der Waals surface area contributed by atoms with E-state index >= 15 is 0 Å². The number of ether oxygens (including phenoxy) is 3. The number of nitrogens with zero attached hydrogens (tertiary/aromatic N) is 1. The van der Waals surface area contributed by atoms with Gasteiger partial charge in [-0.05, 0) is 42.0 Å². The summed E-state index contributed by atoms with van der Waals surface area (Å²) in [6, 6.07) is 14.4. The normalized spacial score (nSPS) is 11.1. The van der Waals surface area contributed by atoms with E-state index < -0.39 is 23.5 Å². The zero-order valence-corrected chi connectivity index (χ0v) is 16.5. The van der Waals surface area contributed by atoms with Crippen molar-refractivity contribution in [2.24, 2.45) is 5.73 Å². The van der Waals surface area contributed by atoms with E-state index in [0.717, 1.165) is 12.1 Å². The zero-order valence-electron chi connectivity index (χ0n) is 16.5. The van der Waals surface area contributed by atoms with Gasteiger partial charge in [-0.3, -0.25) is 4.79 Å². The molecule has 0 unspecified atom stereocenters. The van der Waals surface area contributed by atoms with E-state index in [2.05, 4.69) is 9.72 Å². The minimum atomic E-state index is -4.69. The monoisotopic (exact) mass is 432 g/mol. The van der Waals surface area contributed by atoms with Crippen molar-refractivity contribution in [3.8, 4) is 23.1 Å². The highest BCUT2D eigenvalue weighted by Gasteiger charge is 2.35. The van der Waals surface area contributed by atoms with Crippen molar-refractivity contribution in [2.45, 2.75) is 19.1 Å². The van der Waals surface area contributed by atoms with Gasteiger partial charge in [0.15, 0.2) is 0 Å². The fraction of sp³-hybridized carbons (Fsp3) is 0.182. The molecule has 0 aliphatic carbocycles. The lowest BCUT2D eigenvalue weighted by molar-refractivity contribution is -0.140. The topological polar surface area (TPSA) is 83.7 Å². The number of halogens is 3. The lowest BCUT2D eigenvalue weighted by atomic mass is 10.1. The molecular weight excluding hydrogens is 413 g/mol. The summed E-state index contributed by atoms with van der Waals surface area (Å²) >= 11 is 0. The molecule has 0 spiro atoms. The third-order valence-corrected chi connectivity index (χ3v) is 4.17. The first-order valence-electron chi connectivity index (χ1n) is 9.17. The predicted molar refractivity (Wildman–Crippen MR) is 106 cm³/mol. The molecule has 0 aliphatic heterocycles. The number of pyridine rings is 1. The standard InChI is InChI=1S/C22H19F3N2O4/c1-29-21(28)11-14-4-2-6-16(10-14)30-19-9-8-17(12-18(19)22(23,24)25)31-20-7-3-5-15(13-26)27-20/h2-10,12H,11,13,26H2,1H3. The highest BCUT2D eigenvalue weighted by molar-refractivity contribution is 5.72. The van der Waals surface area contributed by atoms with Crippen molar-refractivity contribution >= 4 is 5.97 Å². The molecule has 0 saturated carbocycles. The van der Waals surface area contributed by atoms with Crippen LogP contribution >= 0.6 is 0 Å². The molecule has 162 valence electrons. The molecule has 6 nitrogen and oxygen atoms in total. The van der Waals surface area contributed by atoms with E-state index in [1.54, 1.807) is 24.3 Å². The number of aromatic nitrogens is 1. The summed E-state index contributed by atoms with van der Waals surface area (Å²) in [5.74, 6) is -0.653. The SMILES string of the molecule is COC(=O)Cc1cccc(Oc2ccc(Oc3cccc(CN)n3)cc2C(F)(F)F)c1. The van der Waals surface area contributed by atoms with E-state index in [9.17, 15) is 18.0 Å². The third kappa shape index (κ3) is 5.95. The largest absolute Gasteiger partial charge is 0.469 e. The lowest BCUT2D eigenvalue weighted by Crippen LogP contribution is -2.08. The molecular formula is C22H19F3N2O4. The van der Waals surface area contributed by atoms with Crippen LogP contribution in [0.25, 0.3) is 0 Å². The second-order valence-electron chi connectivity index (χ2n) is 6.43. The molecule has 1 aromatic heterocycles. The average molecular weight is 432 g/mol. The van der Waals surface area contributed by atoms with Crippen LogP contribution in [0.15, 0.2) is 60.7 Å². The molecule has 0 aliphatic rings. The number of hydrogen-bond acceptors (Lipinski definition) is 6. The van der Waals surface area contributed by atoms with Crippen LogP contribution in [0, 0.1) is 0 Å². The Labute approximate surface area is 176 Å². The van der Waals surface area contributed by atoms with Crippen LogP contribution in [0.1, 0.15) is 16.8 Å². The van der Waals surface area contributed by atoms with Crippen LogP contribution < -0.4 is 15.2 Å². The van der Waals surface area contributed by atoms with Gasteiger partial charge >= 0.3 is 12.1 Å². The Bertz CT molecular complexity index is 1070. The number of alkyl halides is 3. The van der Waals surface area contributed by atoms with Gasteiger partial charge < -0.3 is 19.9 Å². The van der Waals surface area contributed by atoms with E-state index in [1.807, 2.05) is 0 Å². The van der Waals surface area contributed by atoms with Crippen LogP contribution in [0.2, 0.25) is 0 Å². The van der Waals surface area contributed by atoms with Crippen LogP contribution in [0.3, 0.4) is 0 Å². The number of benzene rings is 2. The maximum atomic E-state index is 13.7. The van der Waals surface area contributed by atoms with Gasteiger partial charge in [0, 0.05) is 12.6 Å². The summed E-state index contributed by atoms with van der Waals surface area (Å²) in [6.07, 6.45) is -4.72. The average Bonchev–Trinajstić information content (AvgIpc) is 2.74. The molecule has 0 bridgehead atoms. The maximum absolute atomic E-state index is 13.7. The molecule has 1 heterocycles. The van der Waals surface area contributed by atoms with Gasteiger partial charge in [-0.2, -0.15) is 13.2 Å². The number of hydrogen-bond donors (Lipinski definition) is 1. The summed E-state index contributed by atoms with van der Waals surface area (Å²) in [7, 11) is 1.25. The Morgan fingerprint density at radius 3 is 2.45 bits per heavy atom. The highest BCUT2D eigenvalue weighted by Crippen LogP contribution is 2.41. The smallest absolute Gasteiger partial charge is 0.420 e. The van der Waals surface area contributed by atoms with Crippen molar-refractivity contribution in [1.82, 2.24) is 4.98 Å². The summed E-state index contributed by atoms with van der Waals surface area (Å²) in [5.41, 5.74) is 5.59. The Morgan fingerprint density at radius 2 is 1.74 bits per heavy atom. The van der Waals surface area contributed by atoms with Gasteiger partial charge in [0.2, 0.25) is 5.88 Å². The second kappa shape index (κ2) is 9.48. The minimum absolute atomic E-state index is 0.0263. The number of carbonyl (C=O) groups is 1.